The zero-order valence-corrected chi connectivity index (χ0v) is 12.8. The van der Waals surface area contributed by atoms with Gasteiger partial charge in [-0.05, 0) is 11.7 Å². The predicted octanol–water partition coefficient (Wildman–Crippen LogP) is 1.58. The highest BCUT2D eigenvalue weighted by atomic mass is 32.2. The molecule has 0 radical (unpaired) electrons. The number of thioether (sulfide) groups is 1. The van der Waals surface area contributed by atoms with Gasteiger partial charge in [0.05, 0.1) is 6.10 Å². The number of methoxy groups -OCH3 is 1. The molecule has 2 N–H and O–H groups in total. The first-order valence-electron chi connectivity index (χ1n) is 5.92. The minimum atomic E-state index is 0.125. The largest absolute Gasteiger partial charge is 0.379 e. The topological polar surface area (TPSA) is 45.7 Å². The van der Waals surface area contributed by atoms with E-state index in [0.29, 0.717) is 0 Å². The standard InChI is InChI=1S/C12H27N3OS/c1-12(2,3)10(16-5)9-15-11(13-4)14-7-8-17-6/h10H,7-9H2,1-6H3,(H2,13,14,15). The molecule has 0 bridgehead atoms. The van der Waals surface area contributed by atoms with Crippen LogP contribution in [-0.4, -0.2) is 51.3 Å². The van der Waals surface area contributed by atoms with Crippen molar-refractivity contribution in [3.05, 3.63) is 0 Å². The highest BCUT2D eigenvalue weighted by Crippen LogP contribution is 2.20. The molecule has 0 heterocycles. The Balaban J connectivity index is 4.05. The molecule has 0 aromatic rings. The van der Waals surface area contributed by atoms with E-state index in [1.165, 1.54) is 0 Å². The second-order valence-corrected chi connectivity index (χ2v) is 5.95. The molecule has 0 aromatic heterocycles. The molecule has 1 unspecified atom stereocenters. The van der Waals surface area contributed by atoms with Gasteiger partial charge in [0.1, 0.15) is 0 Å². The zero-order chi connectivity index (χ0) is 13.3. The van der Waals surface area contributed by atoms with Crippen LogP contribution in [0.25, 0.3) is 0 Å². The lowest BCUT2D eigenvalue weighted by Gasteiger charge is -2.30. The number of rotatable bonds is 6. The Bertz CT molecular complexity index is 226. The first-order valence-corrected chi connectivity index (χ1v) is 7.31. The maximum atomic E-state index is 5.49. The van der Waals surface area contributed by atoms with E-state index in [0.717, 1.165) is 24.8 Å². The molecule has 0 aliphatic heterocycles. The van der Waals surface area contributed by atoms with Gasteiger partial charge in [-0.25, -0.2) is 0 Å². The van der Waals surface area contributed by atoms with Crippen LogP contribution in [0, 0.1) is 5.41 Å². The number of hydrogen-bond acceptors (Lipinski definition) is 3. The quantitative estimate of drug-likeness (QED) is 0.433. The lowest BCUT2D eigenvalue weighted by atomic mass is 9.89. The van der Waals surface area contributed by atoms with Crippen molar-refractivity contribution < 1.29 is 4.74 Å². The molecule has 0 fully saturated rings. The van der Waals surface area contributed by atoms with Crippen LogP contribution >= 0.6 is 11.8 Å². The smallest absolute Gasteiger partial charge is 0.191 e. The van der Waals surface area contributed by atoms with Gasteiger partial charge in [0.25, 0.3) is 0 Å². The van der Waals surface area contributed by atoms with Crippen LogP contribution in [0.3, 0.4) is 0 Å². The van der Waals surface area contributed by atoms with E-state index in [1.54, 1.807) is 14.2 Å². The van der Waals surface area contributed by atoms with E-state index >= 15 is 0 Å². The molecule has 0 amide bonds. The number of ether oxygens (including phenoxy) is 1. The Morgan fingerprint density at radius 3 is 2.41 bits per heavy atom. The van der Waals surface area contributed by atoms with Gasteiger partial charge >= 0.3 is 0 Å². The average molecular weight is 261 g/mol. The first-order chi connectivity index (χ1) is 7.95. The third kappa shape index (κ3) is 7.49. The monoisotopic (exact) mass is 261 g/mol. The second-order valence-electron chi connectivity index (χ2n) is 4.96. The highest BCUT2D eigenvalue weighted by molar-refractivity contribution is 7.98. The van der Waals surface area contributed by atoms with Crippen LogP contribution in [0.2, 0.25) is 0 Å². The molecular formula is C12H27N3OS. The average Bonchev–Trinajstić information content (AvgIpc) is 2.26. The zero-order valence-electron chi connectivity index (χ0n) is 12.0. The minimum Gasteiger partial charge on any atom is -0.379 e. The summed E-state index contributed by atoms with van der Waals surface area (Å²) in [7, 11) is 3.54. The summed E-state index contributed by atoms with van der Waals surface area (Å²) < 4.78 is 5.49. The Hall–Kier alpha value is -0.420. The number of nitrogens with one attached hydrogen (secondary N) is 2. The van der Waals surface area contributed by atoms with Gasteiger partial charge < -0.3 is 15.4 Å². The summed E-state index contributed by atoms with van der Waals surface area (Å²) in [6, 6.07) is 0. The van der Waals surface area contributed by atoms with E-state index in [4.69, 9.17) is 4.74 Å². The summed E-state index contributed by atoms with van der Waals surface area (Å²) in [6.45, 7) is 8.21. The summed E-state index contributed by atoms with van der Waals surface area (Å²) in [5.41, 5.74) is 0.125. The van der Waals surface area contributed by atoms with Crippen molar-refractivity contribution in [1.29, 1.82) is 0 Å². The van der Waals surface area contributed by atoms with Crippen molar-refractivity contribution in [3.8, 4) is 0 Å². The Morgan fingerprint density at radius 2 is 2.00 bits per heavy atom. The van der Waals surface area contributed by atoms with Gasteiger partial charge in [-0.15, -0.1) is 0 Å². The Morgan fingerprint density at radius 1 is 1.35 bits per heavy atom. The van der Waals surface area contributed by atoms with Gasteiger partial charge in [0.2, 0.25) is 0 Å². The fourth-order valence-corrected chi connectivity index (χ4v) is 1.73. The van der Waals surface area contributed by atoms with E-state index in [9.17, 15) is 0 Å². The molecule has 102 valence electrons. The highest BCUT2D eigenvalue weighted by Gasteiger charge is 2.24. The molecule has 1 atom stereocenters. The van der Waals surface area contributed by atoms with Crippen molar-refractivity contribution in [2.75, 3.05) is 39.3 Å². The number of aliphatic imine (C=N–C) groups is 1. The van der Waals surface area contributed by atoms with Gasteiger partial charge in [-0.3, -0.25) is 4.99 Å². The lowest BCUT2D eigenvalue weighted by molar-refractivity contribution is 0.0205. The maximum absolute atomic E-state index is 5.49. The van der Waals surface area contributed by atoms with Gasteiger partial charge in [-0.2, -0.15) is 11.8 Å². The normalized spacial score (nSPS) is 14.6. The molecule has 0 aromatic carbocycles. The fraction of sp³-hybridized carbons (Fsp3) is 0.917. The maximum Gasteiger partial charge on any atom is 0.191 e. The van der Waals surface area contributed by atoms with Gasteiger partial charge in [0.15, 0.2) is 5.96 Å². The van der Waals surface area contributed by atoms with Gasteiger partial charge in [-0.1, -0.05) is 20.8 Å². The van der Waals surface area contributed by atoms with Crippen LogP contribution in [-0.2, 0) is 4.74 Å². The molecule has 0 saturated carbocycles. The van der Waals surface area contributed by atoms with Crippen LogP contribution < -0.4 is 10.6 Å². The van der Waals surface area contributed by atoms with Gasteiger partial charge in [0, 0.05) is 33.0 Å². The molecule has 0 aliphatic carbocycles. The van der Waals surface area contributed by atoms with E-state index in [2.05, 4.69) is 42.7 Å². The molecule has 0 rings (SSSR count). The van der Waals surface area contributed by atoms with E-state index in [-0.39, 0.29) is 11.5 Å². The predicted molar refractivity (Wildman–Crippen MR) is 78.0 cm³/mol. The fourth-order valence-electron chi connectivity index (χ4n) is 1.42. The summed E-state index contributed by atoms with van der Waals surface area (Å²) in [5, 5.41) is 6.55. The molecule has 5 heteroatoms. The van der Waals surface area contributed by atoms with Crippen LogP contribution in [0.15, 0.2) is 4.99 Å². The SMILES string of the molecule is CN=C(NCCSC)NCC(OC)C(C)(C)C. The number of guanidine groups is 1. The number of nitrogens with zero attached hydrogens (tertiary/aromatic N) is 1. The van der Waals surface area contributed by atoms with Crippen molar-refractivity contribution >= 4 is 17.7 Å². The van der Waals surface area contributed by atoms with E-state index < -0.39 is 0 Å². The first kappa shape index (κ1) is 16.6. The second kappa shape index (κ2) is 8.64. The molecule has 0 spiro atoms. The summed E-state index contributed by atoms with van der Waals surface area (Å²) >= 11 is 1.82. The lowest BCUT2D eigenvalue weighted by Crippen LogP contribution is -2.45. The Labute approximate surface area is 110 Å². The summed E-state index contributed by atoms with van der Waals surface area (Å²) in [6.07, 6.45) is 2.26. The third-order valence-corrected chi connectivity index (χ3v) is 3.14. The number of hydrogen-bond donors (Lipinski definition) is 2. The minimum absolute atomic E-state index is 0.125. The Kier molecular flexibility index (Phi) is 8.43. The summed E-state index contributed by atoms with van der Waals surface area (Å²) in [5.74, 6) is 1.92. The molecular weight excluding hydrogens is 234 g/mol. The molecule has 0 aliphatic rings. The van der Waals surface area contributed by atoms with Crippen LogP contribution in [0.4, 0.5) is 0 Å². The van der Waals surface area contributed by atoms with Crippen LogP contribution in [0.5, 0.6) is 0 Å². The molecule has 0 saturated heterocycles. The summed E-state index contributed by atoms with van der Waals surface area (Å²) in [4.78, 5) is 4.18. The van der Waals surface area contributed by atoms with Crippen molar-refractivity contribution in [1.82, 2.24) is 10.6 Å². The van der Waals surface area contributed by atoms with Crippen LogP contribution in [0.1, 0.15) is 20.8 Å². The molecule has 17 heavy (non-hydrogen) atoms. The van der Waals surface area contributed by atoms with Crippen molar-refractivity contribution in [3.63, 3.8) is 0 Å². The van der Waals surface area contributed by atoms with Crippen molar-refractivity contribution in [2.24, 2.45) is 10.4 Å². The van der Waals surface area contributed by atoms with E-state index in [1.807, 2.05) is 11.8 Å². The third-order valence-electron chi connectivity index (χ3n) is 2.53. The molecule has 4 nitrogen and oxygen atoms in total. The van der Waals surface area contributed by atoms with Crippen molar-refractivity contribution in [2.45, 2.75) is 26.9 Å².